The number of ether oxygens (including phenoxy) is 1. The molecule has 0 radical (unpaired) electrons. The minimum Gasteiger partial charge on any atom is -0.484 e. The largest absolute Gasteiger partial charge is 0.484 e. The fourth-order valence-corrected chi connectivity index (χ4v) is 3.14. The van der Waals surface area contributed by atoms with Crippen molar-refractivity contribution in [3.63, 3.8) is 0 Å². The Morgan fingerprint density at radius 2 is 2.14 bits per heavy atom. The Bertz CT molecular complexity index is 597. The van der Waals surface area contributed by atoms with Crippen LogP contribution in [0, 0.1) is 17.8 Å². The normalized spacial score (nSPS) is 25.8. The number of allylic oxidation sites excluding steroid dienone is 2. The smallest absolute Gasteiger partial charge is 0.255 e. The molecule has 1 aromatic carbocycles. The first-order valence-corrected chi connectivity index (χ1v) is 7.12. The van der Waals surface area contributed by atoms with Crippen molar-refractivity contribution in [1.82, 2.24) is 0 Å². The number of fused-ring (bicyclic) bond motifs is 2. The number of amides is 2. The first kappa shape index (κ1) is 13.7. The van der Waals surface area contributed by atoms with Crippen LogP contribution in [0.1, 0.15) is 12.8 Å². The number of carbonyl (C=O) groups excluding carboxylic acids is 2. The topological polar surface area (TPSA) is 81.4 Å². The lowest BCUT2D eigenvalue weighted by Gasteiger charge is -2.17. The molecule has 1 saturated carbocycles. The lowest BCUT2D eigenvalue weighted by atomic mass is 9.93. The molecule has 2 aliphatic carbocycles. The molecular weight excluding hydrogens is 268 g/mol. The summed E-state index contributed by atoms with van der Waals surface area (Å²) in [5.41, 5.74) is 5.71. The molecule has 2 amide bonds. The average molecular weight is 286 g/mol. The van der Waals surface area contributed by atoms with Crippen LogP contribution < -0.4 is 15.8 Å². The minimum absolute atomic E-state index is 0.0545. The molecule has 3 N–H and O–H groups in total. The number of nitrogens with one attached hydrogen (secondary N) is 1. The van der Waals surface area contributed by atoms with Gasteiger partial charge >= 0.3 is 0 Å². The van der Waals surface area contributed by atoms with E-state index in [0.717, 1.165) is 12.8 Å². The van der Waals surface area contributed by atoms with E-state index in [1.807, 2.05) is 0 Å². The molecule has 0 aliphatic heterocycles. The van der Waals surface area contributed by atoms with Crippen LogP contribution in [-0.4, -0.2) is 18.4 Å². The first-order chi connectivity index (χ1) is 10.1. The van der Waals surface area contributed by atoms with Gasteiger partial charge < -0.3 is 15.8 Å². The average Bonchev–Trinajstić information content (AvgIpc) is 3.08. The van der Waals surface area contributed by atoms with Gasteiger partial charge in [-0.25, -0.2) is 0 Å². The van der Waals surface area contributed by atoms with Crippen molar-refractivity contribution >= 4 is 17.5 Å². The lowest BCUT2D eigenvalue weighted by molar-refractivity contribution is -0.121. The fourth-order valence-electron chi connectivity index (χ4n) is 3.14. The van der Waals surface area contributed by atoms with Gasteiger partial charge in [-0.3, -0.25) is 9.59 Å². The highest BCUT2D eigenvalue weighted by Gasteiger charge is 2.39. The second-order valence-corrected chi connectivity index (χ2v) is 5.66. The maximum Gasteiger partial charge on any atom is 0.255 e. The molecule has 110 valence electrons. The van der Waals surface area contributed by atoms with Crippen LogP contribution >= 0.6 is 0 Å². The maximum absolute atomic E-state index is 12.3. The molecule has 3 rings (SSSR count). The van der Waals surface area contributed by atoms with Gasteiger partial charge in [0.1, 0.15) is 5.75 Å². The molecule has 1 aromatic rings. The number of nitrogens with two attached hydrogens (primary N) is 1. The number of benzene rings is 1. The van der Waals surface area contributed by atoms with Gasteiger partial charge in [0.05, 0.1) is 0 Å². The summed E-state index contributed by atoms with van der Waals surface area (Å²) in [5.74, 6) is 1.05. The van der Waals surface area contributed by atoms with Crippen LogP contribution in [0.15, 0.2) is 36.4 Å². The molecule has 0 saturated heterocycles. The van der Waals surface area contributed by atoms with Gasteiger partial charge in [0.15, 0.2) is 6.61 Å². The van der Waals surface area contributed by atoms with E-state index in [9.17, 15) is 9.59 Å². The van der Waals surface area contributed by atoms with E-state index in [1.165, 1.54) is 0 Å². The first-order valence-electron chi connectivity index (χ1n) is 7.12. The van der Waals surface area contributed by atoms with Crippen molar-refractivity contribution in [3.05, 3.63) is 36.4 Å². The number of hydrogen-bond donors (Lipinski definition) is 2. The Morgan fingerprint density at radius 3 is 2.81 bits per heavy atom. The Morgan fingerprint density at radius 1 is 1.29 bits per heavy atom. The monoisotopic (exact) mass is 286 g/mol. The van der Waals surface area contributed by atoms with Crippen LogP contribution in [0.3, 0.4) is 0 Å². The van der Waals surface area contributed by atoms with Crippen molar-refractivity contribution < 1.29 is 14.3 Å². The van der Waals surface area contributed by atoms with E-state index in [4.69, 9.17) is 10.5 Å². The van der Waals surface area contributed by atoms with Crippen molar-refractivity contribution in [2.75, 3.05) is 11.9 Å². The minimum atomic E-state index is -0.529. The van der Waals surface area contributed by atoms with Crippen LogP contribution in [0.2, 0.25) is 0 Å². The third-order valence-electron chi connectivity index (χ3n) is 4.10. The lowest BCUT2D eigenvalue weighted by Crippen LogP contribution is -2.25. The predicted octanol–water partition coefficient (Wildman–Crippen LogP) is 1.70. The van der Waals surface area contributed by atoms with Crippen LogP contribution in [0.4, 0.5) is 5.69 Å². The summed E-state index contributed by atoms with van der Waals surface area (Å²) in [4.78, 5) is 23.0. The second kappa shape index (κ2) is 5.60. The van der Waals surface area contributed by atoms with Crippen LogP contribution in [0.25, 0.3) is 0 Å². The summed E-state index contributed by atoms with van der Waals surface area (Å²) < 4.78 is 5.23. The molecule has 0 unspecified atom stereocenters. The van der Waals surface area contributed by atoms with Gasteiger partial charge in [-0.15, -0.1) is 0 Å². The summed E-state index contributed by atoms with van der Waals surface area (Å²) >= 11 is 0. The van der Waals surface area contributed by atoms with Gasteiger partial charge in [0, 0.05) is 17.7 Å². The quantitative estimate of drug-likeness (QED) is 0.808. The molecule has 0 heterocycles. The molecule has 0 aromatic heterocycles. The summed E-state index contributed by atoms with van der Waals surface area (Å²) in [6.07, 6.45) is 6.41. The fraction of sp³-hybridized carbons (Fsp3) is 0.375. The van der Waals surface area contributed by atoms with E-state index in [0.29, 0.717) is 23.3 Å². The zero-order chi connectivity index (χ0) is 14.8. The van der Waals surface area contributed by atoms with Crippen molar-refractivity contribution in [2.45, 2.75) is 12.8 Å². The molecule has 2 aliphatic rings. The third kappa shape index (κ3) is 3.07. The predicted molar refractivity (Wildman–Crippen MR) is 78.6 cm³/mol. The highest BCUT2D eigenvalue weighted by molar-refractivity contribution is 5.93. The highest BCUT2D eigenvalue weighted by Crippen LogP contribution is 2.43. The number of carbonyl (C=O) groups is 2. The summed E-state index contributed by atoms with van der Waals surface area (Å²) in [6, 6.07) is 6.99. The highest BCUT2D eigenvalue weighted by atomic mass is 16.5. The Kier molecular flexibility index (Phi) is 3.64. The number of hydrogen-bond acceptors (Lipinski definition) is 3. The zero-order valence-electron chi connectivity index (χ0n) is 11.6. The molecule has 21 heavy (non-hydrogen) atoms. The van der Waals surface area contributed by atoms with Gasteiger partial charge in [-0.1, -0.05) is 18.2 Å². The maximum atomic E-state index is 12.3. The summed E-state index contributed by atoms with van der Waals surface area (Å²) in [6.45, 7) is -0.172. The third-order valence-corrected chi connectivity index (χ3v) is 4.10. The van der Waals surface area contributed by atoms with Crippen molar-refractivity contribution in [2.24, 2.45) is 23.5 Å². The number of anilines is 1. The van der Waals surface area contributed by atoms with Gasteiger partial charge in [-0.05, 0) is 36.8 Å². The van der Waals surface area contributed by atoms with Crippen molar-refractivity contribution in [3.8, 4) is 5.75 Å². The Hall–Kier alpha value is -2.30. The summed E-state index contributed by atoms with van der Waals surface area (Å²) in [5, 5.41) is 2.93. The standard InChI is InChI=1S/C16H18N2O3/c17-15(19)9-21-13-3-1-2-12(8-13)18-16(20)14-7-10-4-5-11(14)6-10/h1-5,8,10-11,14H,6-7,9H2,(H2,17,19)(H,18,20)/t10-,11-,14-/m0/s1. The van der Waals surface area contributed by atoms with E-state index in [1.54, 1.807) is 24.3 Å². The molecule has 5 nitrogen and oxygen atoms in total. The molecular formula is C16H18N2O3. The SMILES string of the molecule is NC(=O)COc1cccc(NC(=O)[C@H]2C[C@H]3C=C[C@H]2C3)c1. The van der Waals surface area contributed by atoms with Crippen LogP contribution in [-0.2, 0) is 9.59 Å². The molecule has 5 heteroatoms. The van der Waals surface area contributed by atoms with Gasteiger partial charge in [0.25, 0.3) is 5.91 Å². The summed E-state index contributed by atoms with van der Waals surface area (Å²) in [7, 11) is 0. The van der Waals surface area contributed by atoms with Crippen molar-refractivity contribution in [1.29, 1.82) is 0 Å². The van der Waals surface area contributed by atoms with E-state index in [2.05, 4.69) is 17.5 Å². The van der Waals surface area contributed by atoms with E-state index >= 15 is 0 Å². The number of primary amides is 1. The van der Waals surface area contributed by atoms with E-state index < -0.39 is 5.91 Å². The van der Waals surface area contributed by atoms with Gasteiger partial charge in [-0.2, -0.15) is 0 Å². The van der Waals surface area contributed by atoms with Crippen LogP contribution in [0.5, 0.6) is 5.75 Å². The number of rotatable bonds is 5. The van der Waals surface area contributed by atoms with Gasteiger partial charge in [0.2, 0.25) is 5.91 Å². The molecule has 0 spiro atoms. The second-order valence-electron chi connectivity index (χ2n) is 5.66. The molecule has 2 bridgehead atoms. The molecule has 3 atom stereocenters. The Balaban J connectivity index is 1.62. The van der Waals surface area contributed by atoms with E-state index in [-0.39, 0.29) is 18.4 Å². The Labute approximate surface area is 123 Å². The zero-order valence-corrected chi connectivity index (χ0v) is 11.6. The molecule has 1 fully saturated rings.